The van der Waals surface area contributed by atoms with Crippen molar-refractivity contribution in [1.29, 1.82) is 0 Å². The van der Waals surface area contributed by atoms with E-state index in [2.05, 4.69) is 4.98 Å². The van der Waals surface area contributed by atoms with Gasteiger partial charge in [-0.15, -0.1) is 0 Å². The maximum atomic E-state index is 12.7. The summed E-state index contributed by atoms with van der Waals surface area (Å²) in [6, 6.07) is 1.90. The molecule has 0 spiro atoms. The van der Waals surface area contributed by atoms with Crippen LogP contribution in [0.5, 0.6) is 0 Å². The topological polar surface area (TPSA) is 56.3 Å². The van der Waals surface area contributed by atoms with E-state index in [1.807, 2.05) is 13.0 Å². The standard InChI is InChI=1S/C18H23NO3/c1-3-22-18(21)16(10-14-9-13(2)11-19-12-14)17(20)15-7-5-4-6-8-15/h9-12,15H,3-8H2,1-2H3/b16-10-. The van der Waals surface area contributed by atoms with E-state index in [0.717, 1.165) is 36.8 Å². The molecule has 4 nitrogen and oxygen atoms in total. The lowest BCUT2D eigenvalue weighted by molar-refractivity contribution is -0.140. The zero-order chi connectivity index (χ0) is 15.9. The van der Waals surface area contributed by atoms with Crippen molar-refractivity contribution in [3.05, 3.63) is 35.2 Å². The Morgan fingerprint density at radius 2 is 2.00 bits per heavy atom. The van der Waals surface area contributed by atoms with E-state index in [1.165, 1.54) is 6.42 Å². The van der Waals surface area contributed by atoms with E-state index in [1.54, 1.807) is 25.4 Å². The molecule has 1 heterocycles. The van der Waals surface area contributed by atoms with Crippen LogP contribution in [0.1, 0.15) is 50.2 Å². The minimum Gasteiger partial charge on any atom is -0.462 e. The molecule has 0 unspecified atom stereocenters. The molecule has 1 saturated carbocycles. The number of hydrogen-bond donors (Lipinski definition) is 0. The lowest BCUT2D eigenvalue weighted by atomic mass is 9.83. The Kier molecular flexibility index (Phi) is 5.87. The Morgan fingerprint density at radius 3 is 2.64 bits per heavy atom. The van der Waals surface area contributed by atoms with Crippen LogP contribution < -0.4 is 0 Å². The van der Waals surface area contributed by atoms with E-state index in [9.17, 15) is 9.59 Å². The van der Waals surface area contributed by atoms with Gasteiger partial charge < -0.3 is 4.74 Å². The second kappa shape index (κ2) is 7.87. The molecule has 1 aliphatic carbocycles. The number of hydrogen-bond acceptors (Lipinski definition) is 4. The molecule has 4 heteroatoms. The number of rotatable bonds is 5. The molecule has 22 heavy (non-hydrogen) atoms. The van der Waals surface area contributed by atoms with E-state index in [4.69, 9.17) is 4.74 Å². The number of nitrogens with zero attached hydrogens (tertiary/aromatic N) is 1. The summed E-state index contributed by atoms with van der Waals surface area (Å²) >= 11 is 0. The number of carbonyl (C=O) groups is 2. The highest BCUT2D eigenvalue weighted by Gasteiger charge is 2.28. The van der Waals surface area contributed by atoms with Gasteiger partial charge in [0.1, 0.15) is 5.57 Å². The predicted molar refractivity (Wildman–Crippen MR) is 85.2 cm³/mol. The monoisotopic (exact) mass is 301 g/mol. The summed E-state index contributed by atoms with van der Waals surface area (Å²) in [6.07, 6.45) is 10.0. The van der Waals surface area contributed by atoms with Crippen LogP contribution in [0.2, 0.25) is 0 Å². The Bertz CT molecular complexity index is 571. The van der Waals surface area contributed by atoms with Gasteiger partial charge in [0.25, 0.3) is 0 Å². The summed E-state index contributed by atoms with van der Waals surface area (Å²) in [5.74, 6) is -0.665. The first kappa shape index (κ1) is 16.4. The molecule has 1 aromatic heterocycles. The number of esters is 1. The number of Topliss-reactive ketones (excluding diaryl/α,β-unsaturated/α-hetero) is 1. The summed E-state index contributed by atoms with van der Waals surface area (Å²) in [5, 5.41) is 0. The number of carbonyl (C=O) groups excluding carboxylic acids is 2. The van der Waals surface area contributed by atoms with Crippen LogP contribution >= 0.6 is 0 Å². The maximum absolute atomic E-state index is 12.7. The summed E-state index contributed by atoms with van der Waals surface area (Å²) in [4.78, 5) is 29.0. The summed E-state index contributed by atoms with van der Waals surface area (Å²) in [5.41, 5.74) is 1.90. The fourth-order valence-corrected chi connectivity index (χ4v) is 2.85. The molecule has 0 aliphatic heterocycles. The number of pyridine rings is 1. The van der Waals surface area contributed by atoms with Gasteiger partial charge >= 0.3 is 5.97 Å². The van der Waals surface area contributed by atoms with Crippen molar-refractivity contribution in [2.45, 2.75) is 46.0 Å². The smallest absolute Gasteiger partial charge is 0.341 e. The van der Waals surface area contributed by atoms with Crippen LogP contribution in [0.3, 0.4) is 0 Å². The van der Waals surface area contributed by atoms with Crippen molar-refractivity contribution >= 4 is 17.8 Å². The molecule has 0 saturated heterocycles. The predicted octanol–water partition coefficient (Wildman–Crippen LogP) is 3.49. The molecule has 1 fully saturated rings. The van der Waals surface area contributed by atoms with Crippen molar-refractivity contribution < 1.29 is 14.3 Å². The van der Waals surface area contributed by atoms with E-state index < -0.39 is 5.97 Å². The summed E-state index contributed by atoms with van der Waals surface area (Å²) in [7, 11) is 0. The first-order chi connectivity index (χ1) is 10.6. The van der Waals surface area contributed by atoms with Crippen LogP contribution in [0, 0.1) is 12.8 Å². The number of ether oxygens (including phenoxy) is 1. The molecule has 2 rings (SSSR count). The molecular weight excluding hydrogens is 278 g/mol. The highest BCUT2D eigenvalue weighted by atomic mass is 16.5. The number of aryl methyl sites for hydroxylation is 1. The zero-order valence-corrected chi connectivity index (χ0v) is 13.3. The van der Waals surface area contributed by atoms with Crippen LogP contribution in [-0.4, -0.2) is 23.3 Å². The van der Waals surface area contributed by atoms with E-state index in [-0.39, 0.29) is 23.9 Å². The fraction of sp³-hybridized carbons (Fsp3) is 0.500. The lowest BCUT2D eigenvalue weighted by Gasteiger charge is -2.21. The average Bonchev–Trinajstić information content (AvgIpc) is 2.53. The van der Waals surface area contributed by atoms with Crippen molar-refractivity contribution in [1.82, 2.24) is 4.98 Å². The van der Waals surface area contributed by atoms with Gasteiger partial charge in [0.15, 0.2) is 5.78 Å². The van der Waals surface area contributed by atoms with Crippen LogP contribution in [0.25, 0.3) is 6.08 Å². The fourth-order valence-electron chi connectivity index (χ4n) is 2.85. The zero-order valence-electron chi connectivity index (χ0n) is 13.3. The van der Waals surface area contributed by atoms with E-state index >= 15 is 0 Å². The molecule has 0 atom stereocenters. The molecule has 118 valence electrons. The first-order valence-corrected chi connectivity index (χ1v) is 7.96. The van der Waals surface area contributed by atoms with Gasteiger partial charge in [0.2, 0.25) is 0 Å². The number of aromatic nitrogens is 1. The van der Waals surface area contributed by atoms with Crippen LogP contribution in [0.15, 0.2) is 24.0 Å². The van der Waals surface area contributed by atoms with Crippen molar-refractivity contribution in [2.24, 2.45) is 5.92 Å². The summed E-state index contributed by atoms with van der Waals surface area (Å²) in [6.45, 7) is 3.94. The van der Waals surface area contributed by atoms with Gasteiger partial charge in [-0.05, 0) is 50.0 Å². The molecule has 0 amide bonds. The van der Waals surface area contributed by atoms with Gasteiger partial charge in [-0.3, -0.25) is 9.78 Å². The maximum Gasteiger partial charge on any atom is 0.341 e. The third-order valence-corrected chi connectivity index (χ3v) is 3.94. The first-order valence-electron chi connectivity index (χ1n) is 7.96. The molecule has 0 radical (unpaired) electrons. The molecular formula is C18H23NO3. The second-order valence-electron chi connectivity index (χ2n) is 5.77. The van der Waals surface area contributed by atoms with Gasteiger partial charge in [-0.25, -0.2) is 4.79 Å². The SMILES string of the molecule is CCOC(=O)/C(=C\c1cncc(C)c1)C(=O)C1CCCCC1. The quantitative estimate of drug-likeness (QED) is 0.361. The largest absolute Gasteiger partial charge is 0.462 e. The minimum atomic E-state index is -0.528. The van der Waals surface area contributed by atoms with Gasteiger partial charge in [0.05, 0.1) is 6.61 Å². The highest BCUT2D eigenvalue weighted by Crippen LogP contribution is 2.27. The van der Waals surface area contributed by atoms with Crippen molar-refractivity contribution in [3.63, 3.8) is 0 Å². The molecule has 0 aromatic carbocycles. The number of ketones is 1. The molecule has 0 N–H and O–H groups in total. The average molecular weight is 301 g/mol. The lowest BCUT2D eigenvalue weighted by Crippen LogP contribution is -2.24. The van der Waals surface area contributed by atoms with Gasteiger partial charge in [-0.2, -0.15) is 0 Å². The highest BCUT2D eigenvalue weighted by molar-refractivity contribution is 6.21. The summed E-state index contributed by atoms with van der Waals surface area (Å²) < 4.78 is 5.07. The van der Waals surface area contributed by atoms with E-state index in [0.29, 0.717) is 0 Å². The van der Waals surface area contributed by atoms with Gasteiger partial charge in [0, 0.05) is 18.3 Å². The Hall–Kier alpha value is -1.97. The third-order valence-electron chi connectivity index (χ3n) is 3.94. The van der Waals surface area contributed by atoms with Crippen molar-refractivity contribution in [2.75, 3.05) is 6.61 Å². The Labute approximate surface area is 131 Å². The normalized spacial score (nSPS) is 16.4. The second-order valence-corrected chi connectivity index (χ2v) is 5.77. The molecule has 1 aromatic rings. The van der Waals surface area contributed by atoms with Crippen LogP contribution in [0.4, 0.5) is 0 Å². The minimum absolute atomic E-state index is 0.0535. The Balaban J connectivity index is 2.29. The van der Waals surface area contributed by atoms with Crippen molar-refractivity contribution in [3.8, 4) is 0 Å². The molecule has 1 aliphatic rings. The van der Waals surface area contributed by atoms with Gasteiger partial charge in [-0.1, -0.05) is 19.3 Å². The van der Waals surface area contributed by atoms with Crippen LogP contribution in [-0.2, 0) is 14.3 Å². The molecule has 0 bridgehead atoms. The third kappa shape index (κ3) is 4.26. The Morgan fingerprint density at radius 1 is 1.27 bits per heavy atom.